The number of ether oxygens (including phenoxy) is 2. The van der Waals surface area contributed by atoms with Crippen LogP contribution in [0.25, 0.3) is 0 Å². The Morgan fingerprint density at radius 3 is 2.78 bits per heavy atom. The number of Topliss-reactive ketones (excluding diaryl/α,β-unsaturated/α-hetero) is 1. The standard InChI is InChI=1S/C18H30O5/c1-4-22-17(21)13-18(2,3)8-6-5-7-14-11-15(12-16(14)20)23-10-9-19/h11,15,19H,4-10,12-13H2,1-3H3. The summed E-state index contributed by atoms with van der Waals surface area (Å²) in [5, 5.41) is 8.74. The zero-order valence-electron chi connectivity index (χ0n) is 14.6. The number of esters is 1. The minimum atomic E-state index is -0.176. The van der Waals surface area contributed by atoms with E-state index in [0.29, 0.717) is 19.4 Å². The quantitative estimate of drug-likeness (QED) is 0.467. The average Bonchev–Trinajstić information content (AvgIpc) is 2.81. The number of hydrogen-bond acceptors (Lipinski definition) is 5. The summed E-state index contributed by atoms with van der Waals surface area (Å²) in [5.41, 5.74) is 0.767. The maximum Gasteiger partial charge on any atom is 0.306 e. The van der Waals surface area contributed by atoms with Crippen molar-refractivity contribution in [3.8, 4) is 0 Å². The summed E-state index contributed by atoms with van der Waals surface area (Å²) in [6.07, 6.45) is 6.12. The van der Waals surface area contributed by atoms with Crippen molar-refractivity contribution in [2.24, 2.45) is 5.41 Å². The Morgan fingerprint density at radius 2 is 2.13 bits per heavy atom. The molecule has 1 unspecified atom stereocenters. The molecule has 0 aromatic heterocycles. The first-order valence-electron chi connectivity index (χ1n) is 8.50. The second-order valence-corrected chi connectivity index (χ2v) is 6.81. The Bertz CT molecular complexity index is 425. The van der Waals surface area contributed by atoms with Crippen molar-refractivity contribution >= 4 is 11.8 Å². The van der Waals surface area contributed by atoms with E-state index in [4.69, 9.17) is 14.6 Å². The molecule has 0 saturated heterocycles. The van der Waals surface area contributed by atoms with Gasteiger partial charge in [0.2, 0.25) is 0 Å². The molecule has 0 heterocycles. The lowest BCUT2D eigenvalue weighted by Crippen LogP contribution is -2.19. The number of carbonyl (C=O) groups is 2. The van der Waals surface area contributed by atoms with Gasteiger partial charge in [-0.15, -0.1) is 0 Å². The van der Waals surface area contributed by atoms with Crippen molar-refractivity contribution in [1.29, 1.82) is 0 Å². The molecule has 1 rings (SSSR count). The smallest absolute Gasteiger partial charge is 0.306 e. The normalized spacial score (nSPS) is 18.2. The number of ketones is 1. The third kappa shape index (κ3) is 7.75. The third-order valence-electron chi connectivity index (χ3n) is 4.03. The summed E-state index contributed by atoms with van der Waals surface area (Å²) >= 11 is 0. The Morgan fingerprint density at radius 1 is 1.39 bits per heavy atom. The molecule has 0 fully saturated rings. The number of rotatable bonds is 11. The van der Waals surface area contributed by atoms with Crippen LogP contribution >= 0.6 is 0 Å². The maximum absolute atomic E-state index is 11.9. The molecule has 0 saturated carbocycles. The van der Waals surface area contributed by atoms with Crippen molar-refractivity contribution < 1.29 is 24.2 Å². The van der Waals surface area contributed by atoms with Gasteiger partial charge in [-0.2, -0.15) is 0 Å². The van der Waals surface area contributed by atoms with Crippen LogP contribution in [-0.4, -0.2) is 42.8 Å². The molecule has 0 aromatic carbocycles. The molecule has 0 bridgehead atoms. The van der Waals surface area contributed by atoms with Crippen LogP contribution in [0.15, 0.2) is 11.6 Å². The number of allylic oxidation sites excluding steroid dienone is 1. The molecule has 132 valence electrons. The second-order valence-electron chi connectivity index (χ2n) is 6.81. The number of unbranched alkanes of at least 4 members (excludes halogenated alkanes) is 1. The van der Waals surface area contributed by atoms with Crippen molar-refractivity contribution in [2.45, 2.75) is 65.4 Å². The van der Waals surface area contributed by atoms with E-state index in [-0.39, 0.29) is 36.5 Å². The van der Waals surface area contributed by atoms with E-state index < -0.39 is 0 Å². The van der Waals surface area contributed by atoms with Gasteiger partial charge in [-0.3, -0.25) is 9.59 Å². The number of hydrogen-bond donors (Lipinski definition) is 1. The molecule has 0 spiro atoms. The predicted octanol–water partition coefficient (Wildman–Crippen LogP) is 2.80. The van der Waals surface area contributed by atoms with Gasteiger partial charge in [0.25, 0.3) is 0 Å². The van der Waals surface area contributed by atoms with E-state index in [1.807, 2.05) is 13.0 Å². The Hall–Kier alpha value is -1.20. The van der Waals surface area contributed by atoms with Crippen LogP contribution in [0.3, 0.4) is 0 Å². The second kappa shape index (κ2) is 9.83. The summed E-state index contributed by atoms with van der Waals surface area (Å²) in [4.78, 5) is 23.4. The fourth-order valence-electron chi connectivity index (χ4n) is 2.83. The van der Waals surface area contributed by atoms with Gasteiger partial charge >= 0.3 is 5.97 Å². The SMILES string of the molecule is CCOC(=O)CC(C)(C)CCCCC1=CC(OCCO)CC1=O. The summed E-state index contributed by atoms with van der Waals surface area (Å²) in [6.45, 7) is 6.62. The molecule has 23 heavy (non-hydrogen) atoms. The van der Waals surface area contributed by atoms with E-state index >= 15 is 0 Å². The van der Waals surface area contributed by atoms with Crippen LogP contribution in [0.2, 0.25) is 0 Å². The van der Waals surface area contributed by atoms with Gasteiger partial charge in [0.05, 0.1) is 32.3 Å². The van der Waals surface area contributed by atoms with Crippen LogP contribution in [0, 0.1) is 5.41 Å². The Kier molecular flexibility index (Phi) is 8.48. The van der Waals surface area contributed by atoms with Crippen molar-refractivity contribution in [3.05, 3.63) is 11.6 Å². The lowest BCUT2D eigenvalue weighted by Gasteiger charge is -2.23. The molecule has 1 atom stereocenters. The molecule has 5 nitrogen and oxygen atoms in total. The first-order chi connectivity index (χ1) is 10.9. The molecule has 1 aliphatic rings. The Labute approximate surface area is 139 Å². The van der Waals surface area contributed by atoms with E-state index in [9.17, 15) is 9.59 Å². The van der Waals surface area contributed by atoms with Gasteiger partial charge in [0, 0.05) is 6.42 Å². The zero-order chi connectivity index (χ0) is 17.3. The van der Waals surface area contributed by atoms with Crippen molar-refractivity contribution in [2.75, 3.05) is 19.8 Å². The molecule has 0 radical (unpaired) electrons. The highest BCUT2D eigenvalue weighted by Gasteiger charge is 2.25. The number of aliphatic hydroxyl groups excluding tert-OH is 1. The predicted molar refractivity (Wildman–Crippen MR) is 88.0 cm³/mol. The maximum atomic E-state index is 11.9. The minimum absolute atomic E-state index is 0.0244. The summed E-state index contributed by atoms with van der Waals surface area (Å²) in [5.74, 6) is 0.00813. The van der Waals surface area contributed by atoms with E-state index in [1.165, 1.54) is 0 Å². The highest BCUT2D eigenvalue weighted by Crippen LogP contribution is 2.29. The monoisotopic (exact) mass is 326 g/mol. The highest BCUT2D eigenvalue weighted by atomic mass is 16.5. The van der Waals surface area contributed by atoms with E-state index in [0.717, 1.165) is 31.3 Å². The molecule has 1 N–H and O–H groups in total. The molecule has 0 aliphatic heterocycles. The van der Waals surface area contributed by atoms with Gasteiger partial charge < -0.3 is 14.6 Å². The van der Waals surface area contributed by atoms with Gasteiger partial charge in [0.15, 0.2) is 5.78 Å². The number of aliphatic hydroxyl groups is 1. The topological polar surface area (TPSA) is 72.8 Å². The van der Waals surface area contributed by atoms with Crippen LogP contribution in [0.4, 0.5) is 0 Å². The Balaban J connectivity index is 2.28. The fraction of sp³-hybridized carbons (Fsp3) is 0.778. The fourth-order valence-corrected chi connectivity index (χ4v) is 2.83. The summed E-state index contributed by atoms with van der Waals surface area (Å²) < 4.78 is 10.4. The van der Waals surface area contributed by atoms with E-state index in [1.54, 1.807) is 0 Å². The minimum Gasteiger partial charge on any atom is -0.466 e. The van der Waals surface area contributed by atoms with Gasteiger partial charge in [-0.25, -0.2) is 0 Å². The first kappa shape index (κ1) is 19.8. The lowest BCUT2D eigenvalue weighted by atomic mass is 9.83. The van der Waals surface area contributed by atoms with Crippen LogP contribution in [0.5, 0.6) is 0 Å². The van der Waals surface area contributed by atoms with Gasteiger partial charge in [0.1, 0.15) is 0 Å². The molecule has 0 aromatic rings. The van der Waals surface area contributed by atoms with Crippen LogP contribution in [-0.2, 0) is 19.1 Å². The molecule has 5 heteroatoms. The first-order valence-corrected chi connectivity index (χ1v) is 8.50. The average molecular weight is 326 g/mol. The summed E-state index contributed by atoms with van der Waals surface area (Å²) in [7, 11) is 0. The number of carbonyl (C=O) groups excluding carboxylic acids is 2. The van der Waals surface area contributed by atoms with Crippen LogP contribution < -0.4 is 0 Å². The molecular formula is C18H30O5. The van der Waals surface area contributed by atoms with Crippen LogP contribution in [0.1, 0.15) is 59.3 Å². The third-order valence-corrected chi connectivity index (χ3v) is 4.03. The van der Waals surface area contributed by atoms with E-state index in [2.05, 4.69) is 13.8 Å². The molecule has 0 amide bonds. The van der Waals surface area contributed by atoms with Gasteiger partial charge in [-0.05, 0) is 43.3 Å². The highest BCUT2D eigenvalue weighted by molar-refractivity contribution is 5.98. The van der Waals surface area contributed by atoms with Crippen molar-refractivity contribution in [3.63, 3.8) is 0 Å². The van der Waals surface area contributed by atoms with Gasteiger partial charge in [-0.1, -0.05) is 20.3 Å². The largest absolute Gasteiger partial charge is 0.466 e. The molecule has 1 aliphatic carbocycles. The lowest BCUT2D eigenvalue weighted by molar-refractivity contribution is -0.145. The molecular weight excluding hydrogens is 296 g/mol. The zero-order valence-corrected chi connectivity index (χ0v) is 14.6. The van der Waals surface area contributed by atoms with Crippen molar-refractivity contribution in [1.82, 2.24) is 0 Å². The summed E-state index contributed by atoms with van der Waals surface area (Å²) in [6, 6.07) is 0.